The van der Waals surface area contributed by atoms with E-state index in [0.717, 1.165) is 45.5 Å². The first kappa shape index (κ1) is 27.9. The van der Waals surface area contributed by atoms with Gasteiger partial charge in [-0.15, -0.1) is 11.3 Å². The molecule has 7 heteroatoms. The number of rotatable bonds is 4. The standard InChI is InChI=1S/C40H33N5OS/c1-40(2,3)25-18-20-41-36(21-25)45-33-13-6-5-11-29(33)30-15-14-28(23-35(30)45)46-27-10-7-9-26(22-27)44-24-43(4)37-34(44)17-16-31-32-12-8-19-42-39(32)47-38(31)37/h5-23H,24H2,1-4H3. The van der Waals surface area contributed by atoms with Crippen LogP contribution in [0.5, 0.6) is 11.5 Å². The molecular formula is C40H33N5OS. The van der Waals surface area contributed by atoms with E-state index in [2.05, 4.69) is 138 Å². The van der Waals surface area contributed by atoms with Crippen molar-refractivity contribution in [1.82, 2.24) is 14.5 Å². The Morgan fingerprint density at radius 3 is 2.40 bits per heavy atom. The molecule has 1 aliphatic rings. The quantitative estimate of drug-likeness (QED) is 0.193. The lowest BCUT2D eigenvalue weighted by atomic mass is 9.88. The van der Waals surface area contributed by atoms with E-state index in [-0.39, 0.29) is 5.41 Å². The Kier molecular flexibility index (Phi) is 6.11. The summed E-state index contributed by atoms with van der Waals surface area (Å²) in [5, 5.41) is 4.84. The summed E-state index contributed by atoms with van der Waals surface area (Å²) >= 11 is 1.77. The highest BCUT2D eigenvalue weighted by Gasteiger charge is 2.28. The van der Waals surface area contributed by atoms with Gasteiger partial charge in [0.1, 0.15) is 22.1 Å². The van der Waals surface area contributed by atoms with Crippen LogP contribution in [0, 0.1) is 0 Å². The van der Waals surface area contributed by atoms with Crippen LogP contribution in [-0.2, 0) is 5.41 Å². The molecule has 4 aromatic heterocycles. The smallest absolute Gasteiger partial charge is 0.137 e. The van der Waals surface area contributed by atoms with E-state index in [9.17, 15) is 0 Å². The average molecular weight is 632 g/mol. The molecule has 0 saturated heterocycles. The lowest BCUT2D eigenvalue weighted by Gasteiger charge is -2.20. The maximum absolute atomic E-state index is 6.60. The van der Waals surface area contributed by atoms with E-state index in [1.807, 2.05) is 24.5 Å². The van der Waals surface area contributed by atoms with Crippen LogP contribution < -0.4 is 14.5 Å². The molecule has 230 valence electrons. The third kappa shape index (κ3) is 4.45. The highest BCUT2D eigenvalue weighted by atomic mass is 32.1. The Bertz CT molecular complexity index is 2510. The highest BCUT2D eigenvalue weighted by molar-refractivity contribution is 7.26. The van der Waals surface area contributed by atoms with Crippen molar-refractivity contribution in [3.8, 4) is 17.3 Å². The first-order valence-corrected chi connectivity index (χ1v) is 16.7. The third-order valence-electron chi connectivity index (χ3n) is 9.25. The normalized spacial score (nSPS) is 13.4. The minimum atomic E-state index is 0.0154. The van der Waals surface area contributed by atoms with Crippen LogP contribution in [0.25, 0.3) is 47.9 Å². The first-order chi connectivity index (χ1) is 22.8. The van der Waals surface area contributed by atoms with Gasteiger partial charge in [-0.25, -0.2) is 9.97 Å². The summed E-state index contributed by atoms with van der Waals surface area (Å²) in [5.74, 6) is 2.48. The Morgan fingerprint density at radius 2 is 1.51 bits per heavy atom. The molecule has 0 unspecified atom stereocenters. The fraction of sp³-hybridized carbons (Fsp3) is 0.150. The van der Waals surface area contributed by atoms with Crippen molar-refractivity contribution in [1.29, 1.82) is 0 Å². The van der Waals surface area contributed by atoms with E-state index in [1.54, 1.807) is 11.3 Å². The van der Waals surface area contributed by atoms with Gasteiger partial charge in [0.25, 0.3) is 0 Å². The Hall–Kier alpha value is -5.40. The summed E-state index contributed by atoms with van der Waals surface area (Å²) in [6.45, 7) is 7.46. The van der Waals surface area contributed by atoms with E-state index < -0.39 is 0 Å². The summed E-state index contributed by atoms with van der Waals surface area (Å²) in [4.78, 5) is 15.2. The van der Waals surface area contributed by atoms with Crippen molar-refractivity contribution in [3.63, 3.8) is 0 Å². The molecule has 8 aromatic rings. The predicted molar refractivity (Wildman–Crippen MR) is 196 cm³/mol. The van der Waals surface area contributed by atoms with Crippen molar-refractivity contribution in [2.75, 3.05) is 23.5 Å². The molecule has 0 fully saturated rings. The fourth-order valence-corrected chi connectivity index (χ4v) is 8.18. The van der Waals surface area contributed by atoms with Gasteiger partial charge in [-0.05, 0) is 71.6 Å². The zero-order valence-electron chi connectivity index (χ0n) is 26.7. The number of hydrogen-bond acceptors (Lipinski definition) is 6. The van der Waals surface area contributed by atoms with Gasteiger partial charge >= 0.3 is 0 Å². The molecule has 5 heterocycles. The summed E-state index contributed by atoms with van der Waals surface area (Å²) in [6, 6.07) is 36.3. The Labute approximate surface area is 277 Å². The number of ether oxygens (including phenoxy) is 1. The molecule has 0 bridgehead atoms. The third-order valence-corrected chi connectivity index (χ3v) is 10.4. The Morgan fingerprint density at radius 1 is 0.702 bits per heavy atom. The molecule has 0 radical (unpaired) electrons. The monoisotopic (exact) mass is 631 g/mol. The maximum atomic E-state index is 6.60. The van der Waals surface area contributed by atoms with E-state index >= 15 is 0 Å². The van der Waals surface area contributed by atoms with Crippen molar-refractivity contribution in [3.05, 3.63) is 121 Å². The number of hydrogen-bond donors (Lipinski definition) is 0. The predicted octanol–water partition coefficient (Wildman–Crippen LogP) is 10.6. The van der Waals surface area contributed by atoms with Crippen molar-refractivity contribution in [2.45, 2.75) is 26.2 Å². The van der Waals surface area contributed by atoms with Crippen LogP contribution in [0.15, 0.2) is 116 Å². The molecule has 6 nitrogen and oxygen atoms in total. The van der Waals surface area contributed by atoms with Gasteiger partial charge < -0.3 is 14.5 Å². The molecule has 4 aromatic carbocycles. The molecule has 0 saturated carbocycles. The van der Waals surface area contributed by atoms with Crippen LogP contribution >= 0.6 is 11.3 Å². The molecular weight excluding hydrogens is 599 g/mol. The summed E-state index contributed by atoms with van der Waals surface area (Å²) in [7, 11) is 2.16. The zero-order valence-corrected chi connectivity index (χ0v) is 27.5. The second-order valence-electron chi connectivity index (χ2n) is 13.3. The molecule has 9 rings (SSSR count). The van der Waals surface area contributed by atoms with E-state index in [1.165, 1.54) is 43.2 Å². The number of anilines is 3. The summed E-state index contributed by atoms with van der Waals surface area (Å²) in [6.07, 6.45) is 3.79. The molecule has 1 aliphatic heterocycles. The number of thiophene rings is 1. The van der Waals surface area contributed by atoms with Gasteiger partial charge in [0.2, 0.25) is 0 Å². The van der Waals surface area contributed by atoms with E-state index in [4.69, 9.17) is 9.72 Å². The second kappa shape index (κ2) is 10.3. The SMILES string of the molecule is CN1CN(c2cccc(Oc3ccc4c5ccccc5n(-c5cc(C(C)(C)C)ccn5)c4c3)c2)c2ccc3c(sc4ncccc43)c21. The van der Waals surface area contributed by atoms with Gasteiger partial charge in [-0.2, -0.15) is 0 Å². The zero-order chi connectivity index (χ0) is 31.9. The number of fused-ring (bicyclic) bond motifs is 8. The minimum Gasteiger partial charge on any atom is -0.457 e. The number of nitrogens with zero attached hydrogens (tertiary/aromatic N) is 5. The van der Waals surface area contributed by atoms with Gasteiger partial charge in [-0.3, -0.25) is 4.57 Å². The van der Waals surface area contributed by atoms with Gasteiger partial charge in [-0.1, -0.05) is 51.1 Å². The minimum absolute atomic E-state index is 0.0154. The van der Waals surface area contributed by atoms with Crippen LogP contribution in [0.3, 0.4) is 0 Å². The number of pyridine rings is 2. The van der Waals surface area contributed by atoms with Crippen molar-refractivity contribution >= 4 is 70.5 Å². The summed E-state index contributed by atoms with van der Waals surface area (Å²) < 4.78 is 10.1. The number of aromatic nitrogens is 3. The van der Waals surface area contributed by atoms with Crippen LogP contribution in [-0.4, -0.2) is 28.3 Å². The molecule has 0 N–H and O–H groups in total. The average Bonchev–Trinajstić information content (AvgIpc) is 3.73. The number of para-hydroxylation sites is 1. The van der Waals surface area contributed by atoms with Crippen LogP contribution in [0.2, 0.25) is 0 Å². The summed E-state index contributed by atoms with van der Waals surface area (Å²) in [5.41, 5.74) is 6.98. The van der Waals surface area contributed by atoms with Crippen molar-refractivity contribution in [2.24, 2.45) is 0 Å². The highest BCUT2D eigenvalue weighted by Crippen LogP contribution is 2.49. The van der Waals surface area contributed by atoms with E-state index in [0.29, 0.717) is 0 Å². The van der Waals surface area contributed by atoms with Gasteiger partial charge in [0.05, 0.1) is 33.8 Å². The lowest BCUT2D eigenvalue weighted by molar-refractivity contribution is 0.483. The maximum Gasteiger partial charge on any atom is 0.137 e. The topological polar surface area (TPSA) is 46.4 Å². The Balaban J connectivity index is 1.10. The lowest BCUT2D eigenvalue weighted by Crippen LogP contribution is -2.23. The van der Waals surface area contributed by atoms with Crippen molar-refractivity contribution < 1.29 is 4.74 Å². The molecule has 0 aliphatic carbocycles. The van der Waals surface area contributed by atoms with Gasteiger partial charge in [0.15, 0.2) is 0 Å². The first-order valence-electron chi connectivity index (χ1n) is 15.9. The van der Waals surface area contributed by atoms with Gasteiger partial charge in [0, 0.05) is 58.8 Å². The second-order valence-corrected chi connectivity index (χ2v) is 14.3. The number of benzene rings is 4. The molecule has 0 amide bonds. The fourth-order valence-electron chi connectivity index (χ4n) is 6.94. The molecule has 0 spiro atoms. The molecule has 47 heavy (non-hydrogen) atoms. The van der Waals surface area contributed by atoms with Crippen LogP contribution in [0.1, 0.15) is 26.3 Å². The largest absolute Gasteiger partial charge is 0.457 e. The molecule has 0 atom stereocenters. The van der Waals surface area contributed by atoms with Crippen LogP contribution in [0.4, 0.5) is 17.1 Å².